The van der Waals surface area contributed by atoms with Gasteiger partial charge < -0.3 is 9.26 Å². The minimum atomic E-state index is -0.0959. The number of nitrogens with zero attached hydrogens (tertiary/aromatic N) is 1. The Bertz CT molecular complexity index is 722. The molecule has 2 aromatic rings. The Kier molecular flexibility index (Phi) is 3.22. The molecule has 3 unspecified atom stereocenters. The van der Waals surface area contributed by atoms with Gasteiger partial charge in [0.15, 0.2) is 5.76 Å². The number of esters is 1. The summed E-state index contributed by atoms with van der Waals surface area (Å²) in [5.74, 6) is 1.22. The van der Waals surface area contributed by atoms with Crippen LogP contribution in [0.2, 0.25) is 5.02 Å². The molecule has 1 aromatic heterocycles. The van der Waals surface area contributed by atoms with E-state index in [9.17, 15) is 4.79 Å². The Balaban J connectivity index is 1.65. The van der Waals surface area contributed by atoms with E-state index >= 15 is 0 Å². The Hall–Kier alpha value is -1.81. The van der Waals surface area contributed by atoms with E-state index in [1.807, 2.05) is 31.2 Å². The molecule has 22 heavy (non-hydrogen) atoms. The molecule has 0 aliphatic heterocycles. The van der Waals surface area contributed by atoms with Crippen LogP contribution in [0.3, 0.4) is 0 Å². The number of carbonyl (C=O) groups is 1. The van der Waals surface area contributed by atoms with E-state index in [0.717, 1.165) is 35.4 Å². The summed E-state index contributed by atoms with van der Waals surface area (Å²) in [6, 6.07) is 7.56. The summed E-state index contributed by atoms with van der Waals surface area (Å²) in [4.78, 5) is 12.0. The second kappa shape index (κ2) is 5.13. The monoisotopic (exact) mass is 317 g/mol. The summed E-state index contributed by atoms with van der Waals surface area (Å²) in [5.41, 5.74) is 3.06. The van der Waals surface area contributed by atoms with Crippen LogP contribution in [0.25, 0.3) is 11.3 Å². The van der Waals surface area contributed by atoms with E-state index < -0.39 is 0 Å². The Labute approximate surface area is 133 Å². The lowest BCUT2D eigenvalue weighted by molar-refractivity contribution is -0.145. The van der Waals surface area contributed by atoms with Gasteiger partial charge in [-0.15, -0.1) is 0 Å². The molecule has 0 spiro atoms. The van der Waals surface area contributed by atoms with E-state index in [0.29, 0.717) is 17.5 Å². The van der Waals surface area contributed by atoms with Crippen molar-refractivity contribution in [2.75, 3.05) is 6.61 Å². The van der Waals surface area contributed by atoms with Gasteiger partial charge in [-0.3, -0.25) is 4.79 Å². The summed E-state index contributed by atoms with van der Waals surface area (Å²) in [7, 11) is 0. The first-order chi connectivity index (χ1) is 10.7. The Morgan fingerprint density at radius 3 is 2.91 bits per heavy atom. The molecule has 0 radical (unpaired) electrons. The Morgan fingerprint density at radius 1 is 1.41 bits per heavy atom. The third-order valence-corrected chi connectivity index (χ3v) is 4.95. The fourth-order valence-electron chi connectivity index (χ4n) is 3.63. The van der Waals surface area contributed by atoms with E-state index in [1.165, 1.54) is 0 Å². The van der Waals surface area contributed by atoms with Crippen molar-refractivity contribution in [3.8, 4) is 11.3 Å². The predicted octanol–water partition coefficient (Wildman–Crippen LogP) is 3.83. The van der Waals surface area contributed by atoms with Crippen LogP contribution in [-0.2, 0) is 16.0 Å². The molecule has 1 fully saturated rings. The lowest BCUT2D eigenvalue weighted by atomic mass is 9.94. The van der Waals surface area contributed by atoms with Crippen LogP contribution in [0.15, 0.2) is 28.8 Å². The van der Waals surface area contributed by atoms with Crippen LogP contribution < -0.4 is 0 Å². The van der Waals surface area contributed by atoms with Gasteiger partial charge in [-0.25, -0.2) is 0 Å². The van der Waals surface area contributed by atoms with Gasteiger partial charge in [-0.1, -0.05) is 16.8 Å². The molecule has 0 N–H and O–H groups in total. The molecule has 0 bridgehead atoms. The molecule has 0 saturated heterocycles. The minimum absolute atomic E-state index is 0.0376. The molecule has 2 aliphatic rings. The molecule has 4 nitrogen and oxygen atoms in total. The third kappa shape index (κ3) is 2.05. The summed E-state index contributed by atoms with van der Waals surface area (Å²) >= 11 is 5.93. The number of carbonyl (C=O) groups excluding carboxylic acids is 1. The van der Waals surface area contributed by atoms with Crippen molar-refractivity contribution in [3.63, 3.8) is 0 Å². The second-order valence-electron chi connectivity index (χ2n) is 5.89. The average molecular weight is 318 g/mol. The fraction of sp³-hybridized carbons (Fsp3) is 0.412. The standard InChI is InChI=1S/C17H16ClNO3/c1-2-21-17(20)14-11-7-8-12-15(13(11)14)19-22-16(12)9-3-5-10(18)6-4-9/h3-6,11,13-14H,2,7-8H2,1H3. The second-order valence-corrected chi connectivity index (χ2v) is 6.32. The molecular formula is C17H16ClNO3. The highest BCUT2D eigenvalue weighted by atomic mass is 35.5. The van der Waals surface area contributed by atoms with Crippen molar-refractivity contribution in [1.82, 2.24) is 5.16 Å². The van der Waals surface area contributed by atoms with Gasteiger partial charge in [0.25, 0.3) is 0 Å². The molecule has 0 amide bonds. The van der Waals surface area contributed by atoms with E-state index in [4.69, 9.17) is 20.9 Å². The SMILES string of the molecule is CCOC(=O)C1C2CCc3c(noc3-c3ccc(Cl)cc3)C21. The summed E-state index contributed by atoms with van der Waals surface area (Å²) < 4.78 is 10.7. The number of halogens is 1. The first-order valence-electron chi connectivity index (χ1n) is 7.61. The van der Waals surface area contributed by atoms with Gasteiger partial charge in [0.2, 0.25) is 0 Å². The zero-order valence-corrected chi connectivity index (χ0v) is 13.0. The first kappa shape index (κ1) is 13.8. The molecular weight excluding hydrogens is 302 g/mol. The van der Waals surface area contributed by atoms with Gasteiger partial charge in [0.05, 0.1) is 18.2 Å². The van der Waals surface area contributed by atoms with Gasteiger partial charge in [-0.05, 0) is 49.9 Å². The predicted molar refractivity (Wildman–Crippen MR) is 81.6 cm³/mol. The lowest BCUT2D eigenvalue weighted by Crippen LogP contribution is -2.08. The van der Waals surface area contributed by atoms with Crippen molar-refractivity contribution in [2.24, 2.45) is 11.8 Å². The van der Waals surface area contributed by atoms with Crippen LogP contribution in [0.4, 0.5) is 0 Å². The van der Waals surface area contributed by atoms with Crippen molar-refractivity contribution in [2.45, 2.75) is 25.7 Å². The maximum atomic E-state index is 12.0. The quantitative estimate of drug-likeness (QED) is 0.807. The highest BCUT2D eigenvalue weighted by molar-refractivity contribution is 6.30. The molecule has 1 heterocycles. The van der Waals surface area contributed by atoms with Crippen molar-refractivity contribution < 1.29 is 14.1 Å². The highest BCUT2D eigenvalue weighted by Gasteiger charge is 2.60. The molecule has 1 saturated carbocycles. The van der Waals surface area contributed by atoms with Crippen molar-refractivity contribution in [3.05, 3.63) is 40.5 Å². The number of aromatic nitrogens is 1. The van der Waals surface area contributed by atoms with Gasteiger partial charge in [0, 0.05) is 22.1 Å². The average Bonchev–Trinajstić information content (AvgIpc) is 3.11. The number of hydrogen-bond acceptors (Lipinski definition) is 4. The maximum Gasteiger partial charge on any atom is 0.309 e. The number of ether oxygens (including phenoxy) is 1. The van der Waals surface area contributed by atoms with Crippen LogP contribution in [0.1, 0.15) is 30.5 Å². The van der Waals surface area contributed by atoms with Gasteiger partial charge in [-0.2, -0.15) is 0 Å². The lowest BCUT2D eigenvalue weighted by Gasteiger charge is -2.08. The maximum absolute atomic E-state index is 12.0. The molecule has 1 aromatic carbocycles. The van der Waals surface area contributed by atoms with E-state index in [1.54, 1.807) is 0 Å². The van der Waals surface area contributed by atoms with Gasteiger partial charge in [0.1, 0.15) is 0 Å². The third-order valence-electron chi connectivity index (χ3n) is 4.70. The van der Waals surface area contributed by atoms with E-state index in [-0.39, 0.29) is 17.8 Å². The largest absolute Gasteiger partial charge is 0.466 e. The summed E-state index contributed by atoms with van der Waals surface area (Å²) in [5, 5.41) is 4.95. The molecule has 3 atom stereocenters. The topological polar surface area (TPSA) is 52.3 Å². The zero-order chi connectivity index (χ0) is 15.3. The molecule has 5 heteroatoms. The first-order valence-corrected chi connectivity index (χ1v) is 7.99. The van der Waals surface area contributed by atoms with E-state index in [2.05, 4.69) is 5.16 Å². The number of hydrogen-bond donors (Lipinski definition) is 0. The van der Waals surface area contributed by atoms with Crippen LogP contribution >= 0.6 is 11.6 Å². The Morgan fingerprint density at radius 2 is 2.18 bits per heavy atom. The molecule has 4 rings (SSSR count). The molecule has 114 valence electrons. The van der Waals surface area contributed by atoms with Crippen LogP contribution in [0, 0.1) is 11.8 Å². The highest BCUT2D eigenvalue weighted by Crippen LogP contribution is 2.60. The number of rotatable bonds is 3. The normalized spacial score (nSPS) is 25.3. The minimum Gasteiger partial charge on any atom is -0.466 e. The van der Waals surface area contributed by atoms with Crippen LogP contribution in [0.5, 0.6) is 0 Å². The fourth-order valence-corrected chi connectivity index (χ4v) is 3.76. The summed E-state index contributed by atoms with van der Waals surface area (Å²) in [6.45, 7) is 2.26. The number of benzene rings is 1. The van der Waals surface area contributed by atoms with Gasteiger partial charge >= 0.3 is 5.97 Å². The van der Waals surface area contributed by atoms with Crippen molar-refractivity contribution >= 4 is 17.6 Å². The van der Waals surface area contributed by atoms with Crippen LogP contribution in [-0.4, -0.2) is 17.7 Å². The molecule has 2 aliphatic carbocycles. The van der Waals surface area contributed by atoms with Crippen molar-refractivity contribution in [1.29, 1.82) is 0 Å². The number of fused-ring (bicyclic) bond motifs is 3. The zero-order valence-electron chi connectivity index (χ0n) is 12.2. The smallest absolute Gasteiger partial charge is 0.309 e. The summed E-state index contributed by atoms with van der Waals surface area (Å²) in [6.07, 6.45) is 1.89.